The quantitative estimate of drug-likeness (QED) is 0.563. The highest BCUT2D eigenvalue weighted by molar-refractivity contribution is 5.67. The lowest BCUT2D eigenvalue weighted by Crippen LogP contribution is -2.11. The van der Waals surface area contributed by atoms with Gasteiger partial charge in [-0.3, -0.25) is 4.98 Å². The van der Waals surface area contributed by atoms with E-state index in [4.69, 9.17) is 14.2 Å². The Balaban J connectivity index is 1.78. The first kappa shape index (κ1) is 19.7. The molecule has 0 unspecified atom stereocenters. The minimum absolute atomic E-state index is 0.293. The van der Waals surface area contributed by atoms with Gasteiger partial charge in [0.25, 0.3) is 0 Å². The third kappa shape index (κ3) is 5.46. The summed E-state index contributed by atoms with van der Waals surface area (Å²) < 4.78 is 17.5. The number of hydrogen-bond acceptors (Lipinski definition) is 4. The zero-order chi connectivity index (χ0) is 19.1. The zero-order valence-corrected chi connectivity index (χ0v) is 16.7. The average Bonchev–Trinajstić information content (AvgIpc) is 3.18. The van der Waals surface area contributed by atoms with Crippen LogP contribution in [0.25, 0.3) is 11.3 Å². The highest BCUT2D eigenvalue weighted by atomic mass is 16.5. The third-order valence-electron chi connectivity index (χ3n) is 4.89. The molecule has 0 aliphatic heterocycles. The molecular weight excluding hydrogens is 338 g/mol. The topological polar surface area (TPSA) is 40.6 Å². The maximum atomic E-state index is 6.25. The van der Waals surface area contributed by atoms with Gasteiger partial charge in [-0.05, 0) is 67.9 Å². The molecule has 0 atom stereocenters. The van der Waals surface area contributed by atoms with Gasteiger partial charge in [0.2, 0.25) is 0 Å². The van der Waals surface area contributed by atoms with Crippen LogP contribution in [0, 0.1) is 5.92 Å². The average molecular weight is 370 g/mol. The van der Waals surface area contributed by atoms with Gasteiger partial charge in [-0.15, -0.1) is 0 Å². The van der Waals surface area contributed by atoms with Crippen molar-refractivity contribution in [3.8, 4) is 22.8 Å². The van der Waals surface area contributed by atoms with Gasteiger partial charge in [-0.2, -0.15) is 0 Å². The molecule has 1 aliphatic rings. The molecular formula is C23H31NO3. The molecule has 1 saturated carbocycles. The predicted molar refractivity (Wildman–Crippen MR) is 108 cm³/mol. The summed E-state index contributed by atoms with van der Waals surface area (Å²) in [5, 5.41) is 0. The van der Waals surface area contributed by atoms with E-state index in [-0.39, 0.29) is 0 Å². The molecule has 0 spiro atoms. The Hall–Kier alpha value is -2.07. The summed E-state index contributed by atoms with van der Waals surface area (Å²) in [6.07, 6.45) is 7.71. The van der Waals surface area contributed by atoms with Crippen LogP contribution in [-0.4, -0.2) is 31.4 Å². The van der Waals surface area contributed by atoms with Crippen molar-refractivity contribution in [2.45, 2.75) is 52.1 Å². The highest BCUT2D eigenvalue weighted by Gasteiger charge is 2.19. The number of nitrogens with zero attached hydrogens (tertiary/aromatic N) is 1. The van der Waals surface area contributed by atoms with Gasteiger partial charge in [0.1, 0.15) is 0 Å². The van der Waals surface area contributed by atoms with Crippen LogP contribution in [0.4, 0.5) is 0 Å². The SMILES string of the molecule is COc1ccc(-c2ncccc2CCOCC(C)C)cc1OC1CCCC1. The molecule has 1 aromatic heterocycles. The molecule has 4 nitrogen and oxygen atoms in total. The summed E-state index contributed by atoms with van der Waals surface area (Å²) in [7, 11) is 1.69. The van der Waals surface area contributed by atoms with Gasteiger partial charge in [-0.25, -0.2) is 0 Å². The molecule has 4 heteroatoms. The van der Waals surface area contributed by atoms with Crippen LogP contribution in [0.15, 0.2) is 36.5 Å². The molecule has 0 bridgehead atoms. The van der Waals surface area contributed by atoms with Gasteiger partial charge in [0.15, 0.2) is 11.5 Å². The smallest absolute Gasteiger partial charge is 0.162 e. The molecule has 1 fully saturated rings. The number of hydrogen-bond donors (Lipinski definition) is 0. The van der Waals surface area contributed by atoms with Crippen molar-refractivity contribution in [3.05, 3.63) is 42.1 Å². The van der Waals surface area contributed by atoms with Crippen LogP contribution >= 0.6 is 0 Å². The number of benzene rings is 1. The fourth-order valence-electron chi connectivity index (χ4n) is 3.50. The Morgan fingerprint density at radius 3 is 2.67 bits per heavy atom. The number of methoxy groups -OCH3 is 1. The van der Waals surface area contributed by atoms with Crippen molar-refractivity contribution in [3.63, 3.8) is 0 Å². The maximum Gasteiger partial charge on any atom is 0.162 e. The summed E-state index contributed by atoms with van der Waals surface area (Å²) in [5.41, 5.74) is 3.24. The minimum atomic E-state index is 0.293. The summed E-state index contributed by atoms with van der Waals surface area (Å²) in [5.74, 6) is 2.15. The normalized spacial score (nSPS) is 14.7. The van der Waals surface area contributed by atoms with Crippen molar-refractivity contribution >= 4 is 0 Å². The first-order valence-electron chi connectivity index (χ1n) is 10.0. The van der Waals surface area contributed by atoms with Crippen molar-refractivity contribution in [1.82, 2.24) is 4.98 Å². The van der Waals surface area contributed by atoms with E-state index in [0.29, 0.717) is 18.6 Å². The highest BCUT2D eigenvalue weighted by Crippen LogP contribution is 2.35. The Morgan fingerprint density at radius 2 is 1.93 bits per heavy atom. The van der Waals surface area contributed by atoms with Crippen LogP contribution in [-0.2, 0) is 11.2 Å². The van der Waals surface area contributed by atoms with Gasteiger partial charge in [-0.1, -0.05) is 19.9 Å². The molecule has 3 rings (SSSR count). The Morgan fingerprint density at radius 1 is 1.11 bits per heavy atom. The second kappa shape index (κ2) is 9.75. The number of pyridine rings is 1. The summed E-state index contributed by atoms with van der Waals surface area (Å²) in [6, 6.07) is 10.2. The van der Waals surface area contributed by atoms with Gasteiger partial charge < -0.3 is 14.2 Å². The lowest BCUT2D eigenvalue weighted by atomic mass is 10.0. The molecule has 1 heterocycles. The van der Waals surface area contributed by atoms with Crippen LogP contribution in [0.1, 0.15) is 45.1 Å². The summed E-state index contributed by atoms with van der Waals surface area (Å²) in [4.78, 5) is 4.64. The van der Waals surface area contributed by atoms with Gasteiger partial charge in [0, 0.05) is 18.4 Å². The second-order valence-corrected chi connectivity index (χ2v) is 7.62. The molecule has 0 saturated heterocycles. The molecule has 1 aromatic carbocycles. The largest absolute Gasteiger partial charge is 0.493 e. The summed E-state index contributed by atoms with van der Waals surface area (Å²) >= 11 is 0. The Kier molecular flexibility index (Phi) is 7.11. The number of ether oxygens (including phenoxy) is 3. The molecule has 0 radical (unpaired) electrons. The lowest BCUT2D eigenvalue weighted by Gasteiger charge is -2.17. The molecule has 146 valence electrons. The predicted octanol–water partition coefficient (Wildman–Crippen LogP) is 5.29. The second-order valence-electron chi connectivity index (χ2n) is 7.62. The van der Waals surface area contributed by atoms with Crippen LogP contribution in [0.5, 0.6) is 11.5 Å². The minimum Gasteiger partial charge on any atom is -0.493 e. The molecule has 0 amide bonds. The van der Waals surface area contributed by atoms with E-state index in [0.717, 1.165) is 48.6 Å². The van der Waals surface area contributed by atoms with E-state index < -0.39 is 0 Å². The molecule has 1 aliphatic carbocycles. The molecule has 2 aromatic rings. The molecule has 27 heavy (non-hydrogen) atoms. The van der Waals surface area contributed by atoms with Gasteiger partial charge >= 0.3 is 0 Å². The van der Waals surface area contributed by atoms with E-state index in [9.17, 15) is 0 Å². The standard InChI is InChI=1S/C23H31NO3/c1-17(2)16-26-14-12-18-7-6-13-24-23(18)19-10-11-21(25-3)22(15-19)27-20-8-4-5-9-20/h6-7,10-11,13,15,17,20H,4-5,8-9,12,14,16H2,1-3H3. The van der Waals surface area contributed by atoms with Crippen LogP contribution in [0.3, 0.4) is 0 Å². The van der Waals surface area contributed by atoms with E-state index in [1.807, 2.05) is 18.3 Å². The van der Waals surface area contributed by atoms with E-state index in [1.165, 1.54) is 18.4 Å². The van der Waals surface area contributed by atoms with E-state index >= 15 is 0 Å². The van der Waals surface area contributed by atoms with Crippen molar-refractivity contribution in [1.29, 1.82) is 0 Å². The summed E-state index contributed by atoms with van der Waals surface area (Å²) in [6.45, 7) is 5.83. The maximum absolute atomic E-state index is 6.25. The van der Waals surface area contributed by atoms with Crippen LogP contribution < -0.4 is 9.47 Å². The zero-order valence-electron chi connectivity index (χ0n) is 16.7. The molecule has 0 N–H and O–H groups in total. The fourth-order valence-corrected chi connectivity index (χ4v) is 3.50. The lowest BCUT2D eigenvalue weighted by molar-refractivity contribution is 0.112. The van der Waals surface area contributed by atoms with Crippen molar-refractivity contribution in [2.24, 2.45) is 5.92 Å². The van der Waals surface area contributed by atoms with Crippen LogP contribution in [0.2, 0.25) is 0 Å². The first-order valence-corrected chi connectivity index (χ1v) is 10.0. The number of rotatable bonds is 9. The Bertz CT molecular complexity index is 723. The van der Waals surface area contributed by atoms with Crippen molar-refractivity contribution < 1.29 is 14.2 Å². The van der Waals surface area contributed by atoms with E-state index in [2.05, 4.69) is 37.0 Å². The van der Waals surface area contributed by atoms with E-state index in [1.54, 1.807) is 7.11 Å². The van der Waals surface area contributed by atoms with Gasteiger partial charge in [0.05, 0.1) is 25.5 Å². The number of aromatic nitrogens is 1. The first-order chi connectivity index (χ1) is 13.2. The monoisotopic (exact) mass is 369 g/mol. The van der Waals surface area contributed by atoms with Crippen molar-refractivity contribution in [2.75, 3.05) is 20.3 Å². The Labute approximate surface area is 162 Å². The third-order valence-corrected chi connectivity index (χ3v) is 4.89. The fraction of sp³-hybridized carbons (Fsp3) is 0.522.